The van der Waals surface area contributed by atoms with Crippen LogP contribution in [0.1, 0.15) is 35.3 Å². The zero-order chi connectivity index (χ0) is 20.1. The zero-order valence-electron chi connectivity index (χ0n) is 16.2. The molecule has 1 heterocycles. The van der Waals surface area contributed by atoms with E-state index in [1.54, 1.807) is 21.9 Å². The van der Waals surface area contributed by atoms with Crippen molar-refractivity contribution in [1.82, 2.24) is 15.1 Å². The van der Waals surface area contributed by atoms with Gasteiger partial charge >= 0.3 is 11.8 Å². The maximum absolute atomic E-state index is 12.5. The second-order valence-corrected chi connectivity index (χ2v) is 7.26. The Kier molecular flexibility index (Phi) is 6.09. The second-order valence-electron chi connectivity index (χ2n) is 7.26. The molecule has 6 nitrogen and oxygen atoms in total. The van der Waals surface area contributed by atoms with Crippen molar-refractivity contribution < 1.29 is 14.4 Å². The van der Waals surface area contributed by atoms with Crippen molar-refractivity contribution in [2.24, 2.45) is 0 Å². The van der Waals surface area contributed by atoms with E-state index < -0.39 is 11.8 Å². The van der Waals surface area contributed by atoms with Gasteiger partial charge in [0, 0.05) is 37.8 Å². The van der Waals surface area contributed by atoms with Crippen molar-refractivity contribution in [2.75, 3.05) is 13.1 Å². The molecule has 0 saturated carbocycles. The van der Waals surface area contributed by atoms with E-state index in [2.05, 4.69) is 5.32 Å². The number of nitrogens with one attached hydrogen (secondary N) is 1. The van der Waals surface area contributed by atoms with Gasteiger partial charge in [0.2, 0.25) is 0 Å². The Morgan fingerprint density at radius 1 is 0.857 bits per heavy atom. The molecular weight excluding hydrogens is 354 g/mol. The highest BCUT2D eigenvalue weighted by Crippen LogP contribution is 2.14. The summed E-state index contributed by atoms with van der Waals surface area (Å²) >= 11 is 0. The maximum Gasteiger partial charge on any atom is 0.312 e. The summed E-state index contributed by atoms with van der Waals surface area (Å²) in [6.07, 6.45) is 0. The minimum Gasteiger partial charge on any atom is -0.350 e. The molecule has 6 heteroatoms. The molecule has 146 valence electrons. The lowest BCUT2D eigenvalue weighted by Gasteiger charge is -2.33. The summed E-state index contributed by atoms with van der Waals surface area (Å²) in [6, 6.07) is 16.9. The van der Waals surface area contributed by atoms with E-state index in [0.29, 0.717) is 31.7 Å². The summed E-state index contributed by atoms with van der Waals surface area (Å²) in [5.41, 5.74) is 2.47. The van der Waals surface area contributed by atoms with Gasteiger partial charge in [-0.25, -0.2) is 0 Å². The highest BCUT2D eigenvalue weighted by molar-refractivity contribution is 6.35. The Balaban J connectivity index is 1.59. The third kappa shape index (κ3) is 4.76. The second kappa shape index (κ2) is 8.69. The molecule has 0 radical (unpaired) electrons. The molecule has 0 aromatic heterocycles. The molecule has 1 fully saturated rings. The van der Waals surface area contributed by atoms with E-state index in [9.17, 15) is 14.4 Å². The summed E-state index contributed by atoms with van der Waals surface area (Å²) in [7, 11) is 0. The van der Waals surface area contributed by atoms with Gasteiger partial charge in [0.15, 0.2) is 0 Å². The van der Waals surface area contributed by atoms with Crippen LogP contribution >= 0.6 is 0 Å². The van der Waals surface area contributed by atoms with Gasteiger partial charge in [0.25, 0.3) is 5.91 Å². The first kappa shape index (κ1) is 19.6. The van der Waals surface area contributed by atoms with Crippen molar-refractivity contribution in [1.29, 1.82) is 0 Å². The average molecular weight is 379 g/mol. The Morgan fingerprint density at radius 2 is 1.36 bits per heavy atom. The van der Waals surface area contributed by atoms with Gasteiger partial charge in [0.05, 0.1) is 0 Å². The molecule has 0 spiro atoms. The molecule has 28 heavy (non-hydrogen) atoms. The molecule has 2 aromatic rings. The number of hydrogen-bond acceptors (Lipinski definition) is 3. The first-order valence-electron chi connectivity index (χ1n) is 9.46. The number of piperazine rings is 1. The summed E-state index contributed by atoms with van der Waals surface area (Å²) in [5.74, 6) is -1.07. The lowest BCUT2D eigenvalue weighted by Crippen LogP contribution is -2.53. The number of hydrogen-bond donors (Lipinski definition) is 1. The SMILES string of the molecule is CC(C)NC(=O)c1ccc(CN2CCN(Cc3ccccc3)C(=O)C2=O)cc1. The summed E-state index contributed by atoms with van der Waals surface area (Å²) in [5, 5.41) is 2.84. The Hall–Kier alpha value is -3.15. The van der Waals surface area contributed by atoms with Crippen LogP contribution in [0.2, 0.25) is 0 Å². The molecule has 0 bridgehead atoms. The van der Waals surface area contributed by atoms with Crippen LogP contribution in [-0.4, -0.2) is 46.7 Å². The molecule has 3 amide bonds. The quantitative estimate of drug-likeness (QED) is 0.783. The van der Waals surface area contributed by atoms with E-state index in [-0.39, 0.29) is 11.9 Å². The van der Waals surface area contributed by atoms with Crippen LogP contribution < -0.4 is 5.32 Å². The van der Waals surface area contributed by atoms with Gasteiger partial charge in [-0.15, -0.1) is 0 Å². The van der Waals surface area contributed by atoms with Crippen LogP contribution in [-0.2, 0) is 22.7 Å². The Labute approximate surface area is 165 Å². The van der Waals surface area contributed by atoms with Gasteiger partial charge in [-0.3, -0.25) is 14.4 Å². The number of rotatable bonds is 6. The average Bonchev–Trinajstić information content (AvgIpc) is 2.68. The fourth-order valence-corrected chi connectivity index (χ4v) is 3.15. The predicted molar refractivity (Wildman–Crippen MR) is 106 cm³/mol. The Morgan fingerprint density at radius 3 is 1.86 bits per heavy atom. The van der Waals surface area contributed by atoms with Crippen LogP contribution in [0.3, 0.4) is 0 Å². The van der Waals surface area contributed by atoms with Gasteiger partial charge < -0.3 is 15.1 Å². The van der Waals surface area contributed by atoms with E-state index in [1.165, 1.54) is 0 Å². The highest BCUT2D eigenvalue weighted by atomic mass is 16.2. The number of amides is 3. The third-order valence-corrected chi connectivity index (χ3v) is 4.62. The number of benzene rings is 2. The highest BCUT2D eigenvalue weighted by Gasteiger charge is 2.32. The fourth-order valence-electron chi connectivity index (χ4n) is 3.15. The molecule has 0 unspecified atom stereocenters. The Bertz CT molecular complexity index is 847. The van der Waals surface area contributed by atoms with Crippen molar-refractivity contribution in [2.45, 2.75) is 33.0 Å². The van der Waals surface area contributed by atoms with Crippen molar-refractivity contribution >= 4 is 17.7 Å². The lowest BCUT2D eigenvalue weighted by atomic mass is 10.1. The molecule has 1 N–H and O–H groups in total. The van der Waals surface area contributed by atoms with E-state index >= 15 is 0 Å². The van der Waals surface area contributed by atoms with Gasteiger partial charge in [0.1, 0.15) is 0 Å². The topological polar surface area (TPSA) is 69.7 Å². The first-order chi connectivity index (χ1) is 13.4. The summed E-state index contributed by atoms with van der Waals surface area (Å²) in [6.45, 7) is 5.62. The van der Waals surface area contributed by atoms with Gasteiger partial charge in [-0.05, 0) is 37.1 Å². The standard InChI is InChI=1S/C22H25N3O3/c1-16(2)23-20(26)19-10-8-18(9-11-19)15-25-13-12-24(21(27)22(25)28)14-17-6-4-3-5-7-17/h3-11,16H,12-15H2,1-2H3,(H,23,26). The van der Waals surface area contributed by atoms with Gasteiger partial charge in [-0.1, -0.05) is 42.5 Å². The molecule has 1 saturated heterocycles. The monoisotopic (exact) mass is 379 g/mol. The third-order valence-electron chi connectivity index (χ3n) is 4.62. The first-order valence-corrected chi connectivity index (χ1v) is 9.46. The fraction of sp³-hybridized carbons (Fsp3) is 0.318. The lowest BCUT2D eigenvalue weighted by molar-refractivity contribution is -0.156. The molecule has 0 aliphatic carbocycles. The summed E-state index contributed by atoms with van der Waals surface area (Å²) in [4.78, 5) is 40.1. The zero-order valence-corrected chi connectivity index (χ0v) is 16.2. The van der Waals surface area contributed by atoms with Crippen LogP contribution in [0.4, 0.5) is 0 Å². The van der Waals surface area contributed by atoms with Gasteiger partial charge in [-0.2, -0.15) is 0 Å². The van der Waals surface area contributed by atoms with Crippen LogP contribution in [0.5, 0.6) is 0 Å². The predicted octanol–water partition coefficient (Wildman–Crippen LogP) is 2.20. The van der Waals surface area contributed by atoms with E-state index in [4.69, 9.17) is 0 Å². The number of carbonyl (C=O) groups is 3. The number of nitrogens with zero attached hydrogens (tertiary/aromatic N) is 2. The minimum atomic E-state index is -0.483. The normalized spacial score (nSPS) is 14.5. The van der Waals surface area contributed by atoms with Crippen molar-refractivity contribution in [3.8, 4) is 0 Å². The largest absolute Gasteiger partial charge is 0.350 e. The molecular formula is C22H25N3O3. The molecule has 1 aliphatic rings. The maximum atomic E-state index is 12.5. The molecule has 3 rings (SSSR count). The molecule has 2 aromatic carbocycles. The van der Waals surface area contributed by atoms with Crippen molar-refractivity contribution in [3.63, 3.8) is 0 Å². The van der Waals surface area contributed by atoms with Crippen LogP contribution in [0.25, 0.3) is 0 Å². The smallest absolute Gasteiger partial charge is 0.312 e. The molecule has 0 atom stereocenters. The van der Waals surface area contributed by atoms with E-state index in [1.807, 2.05) is 56.3 Å². The van der Waals surface area contributed by atoms with E-state index in [0.717, 1.165) is 11.1 Å². The molecule has 1 aliphatic heterocycles. The minimum absolute atomic E-state index is 0.0722. The van der Waals surface area contributed by atoms with Crippen LogP contribution in [0, 0.1) is 0 Å². The van der Waals surface area contributed by atoms with Crippen molar-refractivity contribution in [3.05, 3.63) is 71.3 Å². The summed E-state index contributed by atoms with van der Waals surface area (Å²) < 4.78 is 0. The number of carbonyl (C=O) groups excluding carboxylic acids is 3. The van der Waals surface area contributed by atoms with Crippen LogP contribution in [0.15, 0.2) is 54.6 Å².